The van der Waals surface area contributed by atoms with Crippen molar-refractivity contribution in [3.05, 3.63) is 35.9 Å². The first-order valence-corrected chi connectivity index (χ1v) is 8.13. The Morgan fingerprint density at radius 3 is 2.65 bits per heavy atom. The summed E-state index contributed by atoms with van der Waals surface area (Å²) in [7, 11) is 0. The van der Waals surface area contributed by atoms with Crippen LogP contribution in [0.4, 0.5) is 0 Å². The highest BCUT2D eigenvalue weighted by Gasteiger charge is 2.18. The molecule has 1 heterocycles. The third kappa shape index (κ3) is 5.26. The number of rotatable bonds is 8. The maximum absolute atomic E-state index is 5.76. The van der Waals surface area contributed by atoms with Gasteiger partial charge in [0.1, 0.15) is 0 Å². The maximum atomic E-state index is 5.76. The Balaban J connectivity index is 1.85. The van der Waals surface area contributed by atoms with Gasteiger partial charge in [-0.25, -0.2) is 0 Å². The summed E-state index contributed by atoms with van der Waals surface area (Å²) >= 11 is 0. The minimum atomic E-state index is 0.506. The van der Waals surface area contributed by atoms with E-state index < -0.39 is 0 Å². The summed E-state index contributed by atoms with van der Waals surface area (Å²) in [4.78, 5) is 0. The Hall–Kier alpha value is -0.860. The molecular weight excluding hydrogens is 246 g/mol. The molecule has 0 spiro atoms. The first-order chi connectivity index (χ1) is 9.75. The van der Waals surface area contributed by atoms with Gasteiger partial charge in [0.15, 0.2) is 0 Å². The van der Waals surface area contributed by atoms with Gasteiger partial charge in [-0.1, -0.05) is 44.2 Å². The number of benzene rings is 1. The van der Waals surface area contributed by atoms with Gasteiger partial charge < -0.3 is 10.1 Å². The van der Waals surface area contributed by atoms with E-state index in [4.69, 9.17) is 4.74 Å². The fourth-order valence-electron chi connectivity index (χ4n) is 2.92. The zero-order valence-corrected chi connectivity index (χ0v) is 13.0. The van der Waals surface area contributed by atoms with Crippen LogP contribution in [0.15, 0.2) is 30.3 Å². The largest absolute Gasteiger partial charge is 0.378 e. The van der Waals surface area contributed by atoms with E-state index in [2.05, 4.69) is 49.5 Å². The zero-order valence-electron chi connectivity index (χ0n) is 13.0. The predicted molar refractivity (Wildman–Crippen MR) is 85.1 cm³/mol. The van der Waals surface area contributed by atoms with Gasteiger partial charge in [0.25, 0.3) is 0 Å². The molecule has 2 rings (SSSR count). The highest BCUT2D eigenvalue weighted by Crippen LogP contribution is 2.25. The van der Waals surface area contributed by atoms with E-state index in [1.165, 1.54) is 31.2 Å². The lowest BCUT2D eigenvalue weighted by atomic mass is 9.92. The van der Waals surface area contributed by atoms with Crippen LogP contribution in [0.5, 0.6) is 0 Å². The Morgan fingerprint density at radius 2 is 2.00 bits per heavy atom. The monoisotopic (exact) mass is 275 g/mol. The number of nitrogens with one attached hydrogen (secondary N) is 1. The third-order valence-electron chi connectivity index (χ3n) is 4.08. The first kappa shape index (κ1) is 15.5. The van der Waals surface area contributed by atoms with Crippen molar-refractivity contribution in [1.29, 1.82) is 0 Å². The van der Waals surface area contributed by atoms with Crippen LogP contribution in [-0.2, 0) is 4.74 Å². The lowest BCUT2D eigenvalue weighted by molar-refractivity contribution is 0.100. The normalized spacial score (nSPS) is 20.4. The van der Waals surface area contributed by atoms with Gasteiger partial charge >= 0.3 is 0 Å². The van der Waals surface area contributed by atoms with Gasteiger partial charge in [-0.3, -0.25) is 0 Å². The van der Waals surface area contributed by atoms with Crippen molar-refractivity contribution in [3.63, 3.8) is 0 Å². The summed E-state index contributed by atoms with van der Waals surface area (Å²) in [5, 5.41) is 3.62. The minimum Gasteiger partial charge on any atom is -0.378 e. The summed E-state index contributed by atoms with van der Waals surface area (Å²) in [6, 6.07) is 10.9. The van der Waals surface area contributed by atoms with Crippen LogP contribution in [-0.4, -0.2) is 25.8 Å². The Bertz CT molecular complexity index is 357. The SMILES string of the molecule is CC(C)CNCC(CCC1CCCO1)c1ccccc1. The quantitative estimate of drug-likeness (QED) is 0.775. The number of ether oxygens (including phenoxy) is 1. The highest BCUT2D eigenvalue weighted by atomic mass is 16.5. The van der Waals surface area contributed by atoms with Gasteiger partial charge in [-0.05, 0) is 49.6 Å². The van der Waals surface area contributed by atoms with Crippen LogP contribution >= 0.6 is 0 Å². The lowest BCUT2D eigenvalue weighted by Gasteiger charge is -2.20. The summed E-state index contributed by atoms with van der Waals surface area (Å²) in [6.07, 6.45) is 5.42. The van der Waals surface area contributed by atoms with Crippen molar-refractivity contribution in [2.45, 2.75) is 51.6 Å². The average molecular weight is 275 g/mol. The molecule has 0 saturated carbocycles. The van der Waals surface area contributed by atoms with E-state index in [-0.39, 0.29) is 0 Å². The Kier molecular flexibility index (Phi) is 6.55. The molecule has 0 aliphatic carbocycles. The standard InChI is InChI=1S/C18H29NO/c1-15(2)13-19-14-17(16-7-4-3-5-8-16)10-11-18-9-6-12-20-18/h3-5,7-8,15,17-19H,6,9-14H2,1-2H3. The highest BCUT2D eigenvalue weighted by molar-refractivity contribution is 5.19. The fourth-order valence-corrected chi connectivity index (χ4v) is 2.92. The fraction of sp³-hybridized carbons (Fsp3) is 0.667. The van der Waals surface area contributed by atoms with Crippen molar-refractivity contribution in [1.82, 2.24) is 5.32 Å². The van der Waals surface area contributed by atoms with Crippen LogP contribution in [0.3, 0.4) is 0 Å². The van der Waals surface area contributed by atoms with Gasteiger partial charge in [0.2, 0.25) is 0 Å². The molecule has 1 aromatic rings. The van der Waals surface area contributed by atoms with Crippen LogP contribution in [0.1, 0.15) is 51.0 Å². The van der Waals surface area contributed by atoms with Crippen molar-refractivity contribution in [2.75, 3.05) is 19.7 Å². The minimum absolute atomic E-state index is 0.506. The second-order valence-corrected chi connectivity index (χ2v) is 6.37. The average Bonchev–Trinajstić information content (AvgIpc) is 2.96. The molecule has 2 unspecified atom stereocenters. The molecular formula is C18H29NO. The first-order valence-electron chi connectivity index (χ1n) is 8.13. The van der Waals surface area contributed by atoms with E-state index in [1.807, 2.05) is 0 Å². The van der Waals surface area contributed by atoms with Gasteiger partial charge in [-0.15, -0.1) is 0 Å². The van der Waals surface area contributed by atoms with Crippen LogP contribution in [0.2, 0.25) is 0 Å². The molecule has 20 heavy (non-hydrogen) atoms. The second-order valence-electron chi connectivity index (χ2n) is 6.37. The van der Waals surface area contributed by atoms with Gasteiger partial charge in [0.05, 0.1) is 6.10 Å². The molecule has 1 aliphatic heterocycles. The van der Waals surface area contributed by atoms with Gasteiger partial charge in [-0.2, -0.15) is 0 Å². The topological polar surface area (TPSA) is 21.3 Å². The number of hydrogen-bond donors (Lipinski definition) is 1. The molecule has 1 fully saturated rings. The van der Waals surface area contributed by atoms with Gasteiger partial charge in [0, 0.05) is 13.2 Å². The Labute approximate surface area is 123 Å². The Morgan fingerprint density at radius 1 is 1.20 bits per heavy atom. The molecule has 1 aromatic carbocycles. The predicted octanol–water partition coefficient (Wildman–Crippen LogP) is 3.98. The summed E-state index contributed by atoms with van der Waals surface area (Å²) in [5.41, 5.74) is 1.46. The van der Waals surface area contributed by atoms with E-state index >= 15 is 0 Å². The van der Waals surface area contributed by atoms with E-state index in [1.54, 1.807) is 0 Å². The third-order valence-corrected chi connectivity index (χ3v) is 4.08. The molecule has 2 heteroatoms. The molecule has 2 atom stereocenters. The van der Waals surface area contributed by atoms with Crippen LogP contribution < -0.4 is 5.32 Å². The van der Waals surface area contributed by atoms with E-state index in [0.29, 0.717) is 17.9 Å². The van der Waals surface area contributed by atoms with Crippen molar-refractivity contribution < 1.29 is 4.74 Å². The molecule has 112 valence electrons. The summed E-state index contributed by atoms with van der Waals surface area (Å²) in [5.74, 6) is 1.32. The smallest absolute Gasteiger partial charge is 0.0576 e. The van der Waals surface area contributed by atoms with Crippen molar-refractivity contribution in [2.24, 2.45) is 5.92 Å². The molecule has 1 aliphatic rings. The molecule has 0 amide bonds. The molecule has 0 aromatic heterocycles. The molecule has 0 bridgehead atoms. The van der Waals surface area contributed by atoms with E-state index in [0.717, 1.165) is 19.7 Å². The summed E-state index contributed by atoms with van der Waals surface area (Å²) < 4.78 is 5.76. The molecule has 1 N–H and O–H groups in total. The van der Waals surface area contributed by atoms with Crippen molar-refractivity contribution in [3.8, 4) is 0 Å². The zero-order chi connectivity index (χ0) is 14.2. The molecule has 1 saturated heterocycles. The summed E-state index contributed by atoms with van der Waals surface area (Å²) in [6.45, 7) is 7.66. The molecule has 2 nitrogen and oxygen atoms in total. The van der Waals surface area contributed by atoms with Crippen LogP contribution in [0, 0.1) is 5.92 Å². The van der Waals surface area contributed by atoms with Crippen LogP contribution in [0.25, 0.3) is 0 Å². The van der Waals surface area contributed by atoms with E-state index in [9.17, 15) is 0 Å². The molecule has 0 radical (unpaired) electrons. The maximum Gasteiger partial charge on any atom is 0.0576 e. The number of hydrogen-bond acceptors (Lipinski definition) is 2. The second kappa shape index (κ2) is 8.43. The van der Waals surface area contributed by atoms with Crippen molar-refractivity contribution >= 4 is 0 Å². The lowest BCUT2D eigenvalue weighted by Crippen LogP contribution is -2.26.